The second kappa shape index (κ2) is 7.00. The number of aromatic nitrogens is 2. The fraction of sp³-hybridized carbons (Fsp3) is 0.368. The molecule has 7 nitrogen and oxygen atoms in total. The molecule has 1 fully saturated rings. The minimum absolute atomic E-state index is 0.0963. The predicted octanol–water partition coefficient (Wildman–Crippen LogP) is 2.82. The second-order valence-electron chi connectivity index (χ2n) is 6.58. The van der Waals surface area contributed by atoms with Crippen LogP contribution in [0.15, 0.2) is 24.3 Å². The van der Waals surface area contributed by atoms with Gasteiger partial charge < -0.3 is 14.9 Å². The highest BCUT2D eigenvalue weighted by atomic mass is 16.4. The zero-order chi connectivity index (χ0) is 18.8. The molecule has 0 aliphatic carbocycles. The smallest absolute Gasteiger partial charge is 0.407 e. The Morgan fingerprint density at radius 2 is 1.88 bits per heavy atom. The molecular formula is C19H21N5O2. The normalized spacial score (nSPS) is 17.1. The summed E-state index contributed by atoms with van der Waals surface area (Å²) in [6.07, 6.45) is -0.882. The van der Waals surface area contributed by atoms with Crippen LogP contribution in [-0.4, -0.2) is 52.0 Å². The highest BCUT2D eigenvalue weighted by Crippen LogP contribution is 2.29. The maximum absolute atomic E-state index is 11.2. The van der Waals surface area contributed by atoms with E-state index in [1.165, 1.54) is 4.90 Å². The van der Waals surface area contributed by atoms with E-state index in [0.29, 0.717) is 25.2 Å². The number of carboxylic acid groups (broad SMARTS) is 1. The van der Waals surface area contributed by atoms with Crippen molar-refractivity contribution < 1.29 is 9.90 Å². The Morgan fingerprint density at radius 3 is 2.46 bits per heavy atom. The van der Waals surface area contributed by atoms with E-state index in [1.807, 2.05) is 32.9 Å². The molecule has 1 aliphatic rings. The first-order valence-electron chi connectivity index (χ1n) is 8.51. The molecule has 0 bridgehead atoms. The van der Waals surface area contributed by atoms with Gasteiger partial charge in [0, 0.05) is 31.2 Å². The Kier molecular flexibility index (Phi) is 4.76. The molecule has 1 unspecified atom stereocenters. The van der Waals surface area contributed by atoms with Gasteiger partial charge in [0.05, 0.1) is 17.3 Å². The van der Waals surface area contributed by atoms with Gasteiger partial charge in [0.1, 0.15) is 0 Å². The minimum Gasteiger partial charge on any atom is -0.465 e. The number of nitriles is 1. The maximum atomic E-state index is 11.2. The van der Waals surface area contributed by atoms with E-state index >= 15 is 0 Å². The lowest BCUT2D eigenvalue weighted by molar-refractivity contribution is 0.122. The molecule has 2 heterocycles. The van der Waals surface area contributed by atoms with Crippen molar-refractivity contribution in [3.8, 4) is 17.3 Å². The van der Waals surface area contributed by atoms with Crippen molar-refractivity contribution in [2.24, 2.45) is 0 Å². The van der Waals surface area contributed by atoms with E-state index in [4.69, 9.17) is 5.26 Å². The molecule has 134 valence electrons. The number of hydrogen-bond donors (Lipinski definition) is 1. The summed E-state index contributed by atoms with van der Waals surface area (Å²) < 4.78 is 0. The van der Waals surface area contributed by atoms with Crippen molar-refractivity contribution in [3.63, 3.8) is 0 Å². The molecule has 1 aliphatic heterocycles. The zero-order valence-corrected chi connectivity index (χ0v) is 15.1. The van der Waals surface area contributed by atoms with Crippen LogP contribution in [-0.2, 0) is 0 Å². The molecule has 1 N–H and O–H groups in total. The van der Waals surface area contributed by atoms with E-state index in [-0.39, 0.29) is 6.04 Å². The molecule has 2 aromatic rings. The van der Waals surface area contributed by atoms with Gasteiger partial charge in [-0.25, -0.2) is 4.79 Å². The Hall–Kier alpha value is -3.14. The van der Waals surface area contributed by atoms with Crippen LogP contribution in [0.4, 0.5) is 10.6 Å². The van der Waals surface area contributed by atoms with E-state index in [1.54, 1.807) is 12.1 Å². The monoisotopic (exact) mass is 351 g/mol. The minimum atomic E-state index is -0.882. The van der Waals surface area contributed by atoms with Crippen molar-refractivity contribution in [1.29, 1.82) is 5.26 Å². The molecule has 0 spiro atoms. The number of carbonyl (C=O) groups is 1. The average molecular weight is 351 g/mol. The molecule has 1 atom stereocenters. The number of hydrogen-bond acceptors (Lipinski definition) is 5. The Bertz CT molecular complexity index is 873. The fourth-order valence-electron chi connectivity index (χ4n) is 3.30. The van der Waals surface area contributed by atoms with Gasteiger partial charge in [-0.2, -0.15) is 5.26 Å². The molecule has 3 rings (SSSR count). The van der Waals surface area contributed by atoms with Gasteiger partial charge in [0.15, 0.2) is 5.82 Å². The number of piperazine rings is 1. The van der Waals surface area contributed by atoms with E-state index < -0.39 is 6.09 Å². The summed E-state index contributed by atoms with van der Waals surface area (Å²) in [7, 11) is 0. The van der Waals surface area contributed by atoms with Crippen LogP contribution < -0.4 is 4.90 Å². The van der Waals surface area contributed by atoms with Crippen LogP contribution in [0.2, 0.25) is 0 Å². The number of rotatable bonds is 2. The number of nitrogens with zero attached hydrogens (tertiary/aromatic N) is 5. The molecular weight excluding hydrogens is 330 g/mol. The van der Waals surface area contributed by atoms with Gasteiger partial charge in [-0.1, -0.05) is 12.1 Å². The Morgan fingerprint density at radius 1 is 1.19 bits per heavy atom. The van der Waals surface area contributed by atoms with Crippen LogP contribution in [0, 0.1) is 25.2 Å². The number of benzene rings is 1. The second-order valence-corrected chi connectivity index (χ2v) is 6.58. The van der Waals surface area contributed by atoms with Crippen molar-refractivity contribution >= 4 is 11.9 Å². The molecule has 0 radical (unpaired) electrons. The Balaban J connectivity index is 1.88. The third-order valence-electron chi connectivity index (χ3n) is 4.96. The van der Waals surface area contributed by atoms with Gasteiger partial charge in [0.2, 0.25) is 0 Å². The van der Waals surface area contributed by atoms with E-state index in [2.05, 4.69) is 21.2 Å². The third-order valence-corrected chi connectivity index (χ3v) is 4.96. The van der Waals surface area contributed by atoms with Gasteiger partial charge in [-0.15, -0.1) is 10.2 Å². The lowest BCUT2D eigenvalue weighted by atomic mass is 10.0. The van der Waals surface area contributed by atoms with Crippen LogP contribution in [0.3, 0.4) is 0 Å². The highest BCUT2D eigenvalue weighted by Gasteiger charge is 2.29. The van der Waals surface area contributed by atoms with Gasteiger partial charge >= 0.3 is 6.09 Å². The summed E-state index contributed by atoms with van der Waals surface area (Å²) >= 11 is 0. The summed E-state index contributed by atoms with van der Waals surface area (Å²) in [6.45, 7) is 7.58. The summed E-state index contributed by atoms with van der Waals surface area (Å²) in [5.41, 5.74) is 4.40. The van der Waals surface area contributed by atoms with E-state index in [9.17, 15) is 9.90 Å². The summed E-state index contributed by atoms with van der Waals surface area (Å²) in [5.74, 6) is 0.803. The number of anilines is 1. The summed E-state index contributed by atoms with van der Waals surface area (Å²) in [6, 6.07) is 9.31. The summed E-state index contributed by atoms with van der Waals surface area (Å²) in [4.78, 5) is 14.8. The molecule has 1 saturated heterocycles. The lowest BCUT2D eigenvalue weighted by Gasteiger charge is -2.39. The first-order valence-corrected chi connectivity index (χ1v) is 8.51. The lowest BCUT2D eigenvalue weighted by Crippen LogP contribution is -2.54. The average Bonchev–Trinajstić information content (AvgIpc) is 2.63. The van der Waals surface area contributed by atoms with Crippen LogP contribution in [0.5, 0.6) is 0 Å². The van der Waals surface area contributed by atoms with Crippen molar-refractivity contribution in [1.82, 2.24) is 15.1 Å². The SMILES string of the molecule is Cc1c(-c2ccc(C#N)cc2)nnc(N2CCN(C(=O)O)C(C)C2)c1C. The molecule has 26 heavy (non-hydrogen) atoms. The largest absolute Gasteiger partial charge is 0.465 e. The van der Waals surface area contributed by atoms with Crippen LogP contribution in [0.25, 0.3) is 11.3 Å². The van der Waals surface area contributed by atoms with Gasteiger partial charge in [0.25, 0.3) is 0 Å². The third kappa shape index (κ3) is 3.18. The van der Waals surface area contributed by atoms with Gasteiger partial charge in [-0.3, -0.25) is 0 Å². The van der Waals surface area contributed by atoms with Crippen molar-refractivity contribution in [3.05, 3.63) is 41.0 Å². The predicted molar refractivity (Wildman–Crippen MR) is 98.1 cm³/mol. The van der Waals surface area contributed by atoms with Crippen LogP contribution in [0.1, 0.15) is 23.6 Å². The van der Waals surface area contributed by atoms with E-state index in [0.717, 1.165) is 28.2 Å². The molecule has 1 aromatic heterocycles. The maximum Gasteiger partial charge on any atom is 0.407 e. The first kappa shape index (κ1) is 17.7. The molecule has 1 aromatic carbocycles. The topological polar surface area (TPSA) is 93.4 Å². The zero-order valence-electron chi connectivity index (χ0n) is 15.1. The van der Waals surface area contributed by atoms with Crippen molar-refractivity contribution in [2.75, 3.05) is 24.5 Å². The van der Waals surface area contributed by atoms with Crippen LogP contribution >= 0.6 is 0 Å². The fourth-order valence-corrected chi connectivity index (χ4v) is 3.30. The Labute approximate surface area is 152 Å². The highest BCUT2D eigenvalue weighted by molar-refractivity contribution is 5.68. The molecule has 1 amide bonds. The van der Waals surface area contributed by atoms with Gasteiger partial charge in [-0.05, 0) is 44.0 Å². The molecule has 7 heteroatoms. The first-order chi connectivity index (χ1) is 12.4. The number of amides is 1. The van der Waals surface area contributed by atoms with Crippen molar-refractivity contribution in [2.45, 2.75) is 26.8 Å². The quantitative estimate of drug-likeness (QED) is 0.894. The summed E-state index contributed by atoms with van der Waals surface area (Å²) in [5, 5.41) is 27.0. The standard InChI is InChI=1S/C19H21N5O2/c1-12-11-23(8-9-24(12)19(25)26)18-14(3)13(2)17(21-22-18)16-6-4-15(10-20)5-7-16/h4-7,12H,8-9,11H2,1-3H3,(H,25,26). The molecule has 0 saturated carbocycles.